The molecule has 1 fully saturated rings. The van der Waals surface area contributed by atoms with Gasteiger partial charge in [-0.1, -0.05) is 0 Å². The third kappa shape index (κ3) is 4.39. The van der Waals surface area contributed by atoms with Crippen LogP contribution in [0.4, 0.5) is 4.79 Å². The second-order valence-corrected chi connectivity index (χ2v) is 6.50. The van der Waals surface area contributed by atoms with E-state index in [1.807, 2.05) is 19.3 Å². The van der Waals surface area contributed by atoms with E-state index in [2.05, 4.69) is 25.6 Å². The van der Waals surface area contributed by atoms with Crippen molar-refractivity contribution in [2.24, 2.45) is 0 Å². The molecule has 2 aromatic rings. The van der Waals surface area contributed by atoms with Crippen molar-refractivity contribution in [3.63, 3.8) is 0 Å². The summed E-state index contributed by atoms with van der Waals surface area (Å²) in [5.74, 6) is 0.913. The summed E-state index contributed by atoms with van der Waals surface area (Å²) in [6, 6.07) is 2.46. The van der Waals surface area contributed by atoms with Gasteiger partial charge in [0.15, 0.2) is 5.82 Å². The van der Waals surface area contributed by atoms with Crippen LogP contribution in [0, 0.1) is 0 Å². The first-order valence-electron chi connectivity index (χ1n) is 8.98. The average Bonchev–Trinajstić information content (AvgIpc) is 3.28. The highest BCUT2D eigenvalue weighted by atomic mass is 35.5. The first-order chi connectivity index (χ1) is 12.3. The predicted octanol–water partition coefficient (Wildman–Crippen LogP) is 2.49. The number of nitrogens with zero attached hydrogens (tertiary/aromatic N) is 5. The molecule has 2 aliphatic heterocycles. The van der Waals surface area contributed by atoms with E-state index in [0.717, 1.165) is 44.0 Å². The Labute approximate surface area is 171 Å². The Morgan fingerprint density at radius 2 is 2.07 bits per heavy atom. The lowest BCUT2D eigenvalue weighted by atomic mass is 10.0. The summed E-state index contributed by atoms with van der Waals surface area (Å²) in [6.07, 6.45) is 5.45. The Bertz CT molecular complexity index is 731. The Kier molecular flexibility index (Phi) is 7.52. The van der Waals surface area contributed by atoms with Crippen molar-refractivity contribution in [3.05, 3.63) is 24.2 Å². The lowest BCUT2D eigenvalue weighted by Crippen LogP contribution is -2.39. The highest BCUT2D eigenvalue weighted by molar-refractivity contribution is 5.85. The zero-order valence-electron chi connectivity index (χ0n) is 15.3. The number of carbonyl (C=O) groups is 1. The van der Waals surface area contributed by atoms with Gasteiger partial charge in [-0.15, -0.1) is 24.8 Å². The minimum absolute atomic E-state index is 0. The molecule has 0 unspecified atom stereocenters. The molecule has 10 heteroatoms. The van der Waals surface area contributed by atoms with Crippen molar-refractivity contribution in [3.8, 4) is 11.5 Å². The molecule has 4 rings (SSSR count). The molecule has 27 heavy (non-hydrogen) atoms. The van der Waals surface area contributed by atoms with E-state index in [4.69, 9.17) is 9.84 Å². The third-order valence-electron chi connectivity index (χ3n) is 4.95. The number of aromatic nitrogens is 4. The smallest absolute Gasteiger partial charge is 0.409 e. The zero-order valence-corrected chi connectivity index (χ0v) is 17.0. The molecule has 0 spiro atoms. The first-order valence-corrected chi connectivity index (χ1v) is 8.98. The number of amides is 1. The van der Waals surface area contributed by atoms with Crippen LogP contribution in [0.15, 0.2) is 18.5 Å². The van der Waals surface area contributed by atoms with Crippen LogP contribution in [0.5, 0.6) is 0 Å². The van der Waals surface area contributed by atoms with Crippen LogP contribution >= 0.6 is 24.8 Å². The maximum absolute atomic E-state index is 11.9. The van der Waals surface area contributed by atoms with E-state index in [0.29, 0.717) is 25.7 Å². The van der Waals surface area contributed by atoms with Crippen LogP contribution in [0.25, 0.3) is 11.5 Å². The highest BCUT2D eigenvalue weighted by Crippen LogP contribution is 2.28. The van der Waals surface area contributed by atoms with Gasteiger partial charge in [-0.3, -0.25) is 4.68 Å². The summed E-state index contributed by atoms with van der Waals surface area (Å²) < 4.78 is 9.37. The van der Waals surface area contributed by atoms with Gasteiger partial charge in [0.2, 0.25) is 0 Å². The zero-order chi connectivity index (χ0) is 17.2. The number of nitrogens with one attached hydrogen (secondary N) is 1. The molecular formula is C17H26Cl2N6O2. The minimum Gasteiger partial charge on any atom is -0.450 e. The largest absolute Gasteiger partial charge is 0.450 e. The fourth-order valence-electron chi connectivity index (χ4n) is 3.65. The topological polar surface area (TPSA) is 77.2 Å². The summed E-state index contributed by atoms with van der Waals surface area (Å²) in [5, 5.41) is 8.09. The molecule has 150 valence electrons. The highest BCUT2D eigenvalue weighted by Gasteiger charge is 2.26. The van der Waals surface area contributed by atoms with E-state index < -0.39 is 0 Å². The lowest BCUT2D eigenvalue weighted by molar-refractivity contribution is 0.0928. The van der Waals surface area contributed by atoms with Crippen molar-refractivity contribution in [2.45, 2.75) is 38.9 Å². The Morgan fingerprint density at radius 1 is 1.30 bits per heavy atom. The molecule has 0 saturated carbocycles. The summed E-state index contributed by atoms with van der Waals surface area (Å²) >= 11 is 0. The normalized spacial score (nSPS) is 16.9. The van der Waals surface area contributed by atoms with Crippen LogP contribution in [-0.4, -0.2) is 56.6 Å². The van der Waals surface area contributed by atoms with Crippen LogP contribution in [0.1, 0.15) is 31.5 Å². The summed E-state index contributed by atoms with van der Waals surface area (Å²) in [6.45, 7) is 6.39. The van der Waals surface area contributed by atoms with E-state index in [9.17, 15) is 4.79 Å². The SMILES string of the molecule is CCOC(=O)N1CCC(n2ccnc2-c2cc3n(n2)CCNC3)CC1.Cl.Cl. The number of halogens is 2. The molecule has 2 aliphatic rings. The number of likely N-dealkylation sites (tertiary alicyclic amines) is 1. The van der Waals surface area contributed by atoms with E-state index in [-0.39, 0.29) is 30.9 Å². The molecule has 1 saturated heterocycles. The number of ether oxygens (including phenoxy) is 1. The molecule has 1 amide bonds. The maximum Gasteiger partial charge on any atom is 0.409 e. The van der Waals surface area contributed by atoms with Gasteiger partial charge in [-0.2, -0.15) is 5.10 Å². The van der Waals surface area contributed by atoms with Crippen molar-refractivity contribution in [1.29, 1.82) is 0 Å². The molecule has 0 radical (unpaired) electrons. The predicted molar refractivity (Wildman–Crippen MR) is 107 cm³/mol. The van der Waals surface area contributed by atoms with Gasteiger partial charge in [0, 0.05) is 44.6 Å². The molecule has 2 aromatic heterocycles. The summed E-state index contributed by atoms with van der Waals surface area (Å²) in [4.78, 5) is 18.2. The van der Waals surface area contributed by atoms with Crippen LogP contribution in [0.2, 0.25) is 0 Å². The van der Waals surface area contributed by atoms with Gasteiger partial charge in [-0.25, -0.2) is 9.78 Å². The number of hydrogen-bond acceptors (Lipinski definition) is 5. The van der Waals surface area contributed by atoms with Crippen LogP contribution in [0.3, 0.4) is 0 Å². The van der Waals surface area contributed by atoms with Gasteiger partial charge >= 0.3 is 6.09 Å². The molecule has 0 bridgehead atoms. The first kappa shape index (κ1) is 21.5. The molecule has 0 atom stereocenters. The minimum atomic E-state index is -0.207. The van der Waals surface area contributed by atoms with E-state index in [1.54, 1.807) is 4.90 Å². The second kappa shape index (κ2) is 9.43. The molecular weight excluding hydrogens is 391 g/mol. The van der Waals surface area contributed by atoms with Gasteiger partial charge in [-0.05, 0) is 25.8 Å². The Hall–Kier alpha value is -1.77. The number of imidazole rings is 1. The average molecular weight is 417 g/mol. The molecule has 8 nitrogen and oxygen atoms in total. The Morgan fingerprint density at radius 3 is 2.78 bits per heavy atom. The monoisotopic (exact) mass is 416 g/mol. The summed E-state index contributed by atoms with van der Waals surface area (Å²) in [7, 11) is 0. The van der Waals surface area contributed by atoms with Crippen molar-refractivity contribution in [2.75, 3.05) is 26.2 Å². The fourth-order valence-corrected chi connectivity index (χ4v) is 3.65. The standard InChI is InChI=1S/C17H24N6O2.2ClH/c1-2-25-17(24)21-7-3-13(4-8-21)22-9-6-19-16(22)15-11-14-12-18-5-10-23(14)20-15;;/h6,9,11,13,18H,2-5,7-8,10,12H2,1H3;2*1H. The molecule has 0 aliphatic carbocycles. The number of rotatable bonds is 3. The number of piperidine rings is 1. The van der Waals surface area contributed by atoms with Gasteiger partial charge in [0.05, 0.1) is 18.8 Å². The molecule has 4 heterocycles. The molecule has 1 N–H and O–H groups in total. The lowest BCUT2D eigenvalue weighted by Gasteiger charge is -2.32. The van der Waals surface area contributed by atoms with E-state index in [1.165, 1.54) is 5.69 Å². The second-order valence-electron chi connectivity index (χ2n) is 6.50. The summed E-state index contributed by atoms with van der Waals surface area (Å²) in [5.41, 5.74) is 2.13. The van der Waals surface area contributed by atoms with Crippen LogP contribution in [-0.2, 0) is 17.8 Å². The quantitative estimate of drug-likeness (QED) is 0.831. The van der Waals surface area contributed by atoms with Crippen molar-refractivity contribution >= 4 is 30.9 Å². The maximum atomic E-state index is 11.9. The molecule has 0 aromatic carbocycles. The number of carbonyl (C=O) groups excluding carboxylic acids is 1. The van der Waals surface area contributed by atoms with Crippen molar-refractivity contribution in [1.82, 2.24) is 29.5 Å². The number of hydrogen-bond donors (Lipinski definition) is 1. The van der Waals surface area contributed by atoms with Crippen molar-refractivity contribution < 1.29 is 9.53 Å². The van der Waals surface area contributed by atoms with Gasteiger partial charge in [0.1, 0.15) is 5.69 Å². The van der Waals surface area contributed by atoms with Gasteiger partial charge < -0.3 is 19.5 Å². The Balaban J connectivity index is 0.00000131. The van der Waals surface area contributed by atoms with Crippen LogP contribution < -0.4 is 5.32 Å². The number of fused-ring (bicyclic) bond motifs is 1. The fraction of sp³-hybridized carbons (Fsp3) is 0.588. The van der Waals surface area contributed by atoms with E-state index >= 15 is 0 Å². The van der Waals surface area contributed by atoms with Gasteiger partial charge in [0.25, 0.3) is 0 Å². The third-order valence-corrected chi connectivity index (χ3v) is 4.95.